The third-order valence-electron chi connectivity index (χ3n) is 2.91. The third kappa shape index (κ3) is 5.61. The Morgan fingerprint density at radius 2 is 1.90 bits per heavy atom. The second-order valence-electron chi connectivity index (χ2n) is 4.63. The fraction of sp³-hybridized carbons (Fsp3) is 0.500. The van der Waals surface area contributed by atoms with E-state index in [4.69, 9.17) is 5.11 Å². The van der Waals surface area contributed by atoms with E-state index in [2.05, 4.69) is 0 Å². The van der Waals surface area contributed by atoms with Gasteiger partial charge in [0.2, 0.25) is 0 Å². The minimum absolute atomic E-state index is 0.480. The van der Waals surface area contributed by atoms with Crippen LogP contribution in [-0.2, 0) is 4.79 Å². The van der Waals surface area contributed by atoms with E-state index in [1.807, 2.05) is 6.92 Å². The molecule has 0 radical (unpaired) electrons. The Labute approximate surface area is 116 Å². The van der Waals surface area contributed by atoms with Crippen molar-refractivity contribution in [3.8, 4) is 0 Å². The fourth-order valence-electron chi connectivity index (χ4n) is 2.19. The lowest BCUT2D eigenvalue weighted by molar-refractivity contribution is -0.158. The van der Waals surface area contributed by atoms with Gasteiger partial charge in [0, 0.05) is 6.04 Å². The van der Waals surface area contributed by atoms with Gasteiger partial charge in [0.05, 0.1) is 13.1 Å². The average molecular weight is 289 g/mol. The number of carboxylic acid groups (broad SMARTS) is 1. The molecule has 0 heterocycles. The van der Waals surface area contributed by atoms with E-state index in [1.165, 1.54) is 0 Å². The zero-order valence-corrected chi connectivity index (χ0v) is 11.2. The highest BCUT2D eigenvalue weighted by Gasteiger charge is 2.35. The Kier molecular flexibility index (Phi) is 6.01. The van der Waals surface area contributed by atoms with Gasteiger partial charge in [-0.25, -0.2) is 0 Å². The average Bonchev–Trinajstić information content (AvgIpc) is 2.34. The van der Waals surface area contributed by atoms with Crippen LogP contribution in [0.15, 0.2) is 30.3 Å². The van der Waals surface area contributed by atoms with Crippen LogP contribution in [0.25, 0.3) is 0 Å². The van der Waals surface area contributed by atoms with E-state index in [9.17, 15) is 18.0 Å². The van der Waals surface area contributed by atoms with Gasteiger partial charge in [-0.3, -0.25) is 9.69 Å². The maximum absolute atomic E-state index is 12.6. The molecule has 0 bridgehead atoms. The zero-order valence-electron chi connectivity index (χ0n) is 11.2. The van der Waals surface area contributed by atoms with Gasteiger partial charge in [-0.1, -0.05) is 43.7 Å². The number of aliphatic carboxylic acids is 1. The van der Waals surface area contributed by atoms with Crippen molar-refractivity contribution in [2.24, 2.45) is 0 Å². The summed E-state index contributed by atoms with van der Waals surface area (Å²) in [6.45, 7) is 0.0143. The van der Waals surface area contributed by atoms with Crippen LogP contribution in [0.2, 0.25) is 0 Å². The van der Waals surface area contributed by atoms with Crippen LogP contribution in [-0.4, -0.2) is 35.2 Å². The first kappa shape index (κ1) is 16.5. The number of hydrogen-bond acceptors (Lipinski definition) is 2. The molecule has 0 saturated heterocycles. The van der Waals surface area contributed by atoms with E-state index in [1.54, 1.807) is 30.3 Å². The minimum atomic E-state index is -4.42. The lowest BCUT2D eigenvalue weighted by Gasteiger charge is -2.31. The van der Waals surface area contributed by atoms with Crippen molar-refractivity contribution in [3.05, 3.63) is 35.9 Å². The number of carboxylic acids is 1. The molecule has 1 atom stereocenters. The van der Waals surface area contributed by atoms with Crippen molar-refractivity contribution in [2.75, 3.05) is 13.1 Å². The van der Waals surface area contributed by atoms with Crippen molar-refractivity contribution in [1.82, 2.24) is 4.90 Å². The molecule has 0 aliphatic rings. The van der Waals surface area contributed by atoms with Crippen LogP contribution in [0.4, 0.5) is 13.2 Å². The quantitative estimate of drug-likeness (QED) is 0.835. The zero-order chi connectivity index (χ0) is 15.2. The largest absolute Gasteiger partial charge is 0.480 e. The Morgan fingerprint density at radius 1 is 1.30 bits per heavy atom. The first-order valence-corrected chi connectivity index (χ1v) is 6.41. The molecule has 0 aromatic heterocycles. The molecule has 0 saturated carbocycles. The number of hydrogen-bond donors (Lipinski definition) is 1. The van der Waals surface area contributed by atoms with Crippen LogP contribution in [0, 0.1) is 0 Å². The van der Waals surface area contributed by atoms with Crippen LogP contribution in [0.3, 0.4) is 0 Å². The number of rotatable bonds is 7. The summed E-state index contributed by atoms with van der Waals surface area (Å²) in [5, 5.41) is 8.84. The molecule has 3 nitrogen and oxygen atoms in total. The predicted octanol–water partition coefficient (Wildman–Crippen LogP) is 3.48. The molecule has 1 aromatic carbocycles. The first-order valence-electron chi connectivity index (χ1n) is 6.41. The maximum atomic E-state index is 12.6. The van der Waals surface area contributed by atoms with Gasteiger partial charge in [-0.15, -0.1) is 0 Å². The summed E-state index contributed by atoms with van der Waals surface area (Å²) in [7, 11) is 0. The van der Waals surface area contributed by atoms with Crippen molar-refractivity contribution in [3.63, 3.8) is 0 Å². The monoisotopic (exact) mass is 289 g/mol. The van der Waals surface area contributed by atoms with E-state index in [-0.39, 0.29) is 0 Å². The summed E-state index contributed by atoms with van der Waals surface area (Å²) in [5.41, 5.74) is 0.708. The van der Waals surface area contributed by atoms with Crippen molar-refractivity contribution in [1.29, 1.82) is 0 Å². The van der Waals surface area contributed by atoms with Crippen molar-refractivity contribution in [2.45, 2.75) is 32.0 Å². The van der Waals surface area contributed by atoms with Gasteiger partial charge in [0.1, 0.15) is 0 Å². The lowest BCUT2D eigenvalue weighted by Crippen LogP contribution is -2.40. The highest BCUT2D eigenvalue weighted by Crippen LogP contribution is 2.29. The van der Waals surface area contributed by atoms with Crippen LogP contribution < -0.4 is 0 Å². The molecule has 20 heavy (non-hydrogen) atoms. The van der Waals surface area contributed by atoms with E-state index < -0.39 is 31.3 Å². The molecular formula is C14H18F3NO2. The molecule has 0 spiro atoms. The molecule has 0 amide bonds. The predicted molar refractivity (Wildman–Crippen MR) is 69.4 cm³/mol. The Hall–Kier alpha value is -1.56. The summed E-state index contributed by atoms with van der Waals surface area (Å²) in [6.07, 6.45) is -3.27. The summed E-state index contributed by atoms with van der Waals surface area (Å²) in [6, 6.07) is 8.17. The summed E-state index contributed by atoms with van der Waals surface area (Å²) in [5.74, 6) is -1.26. The van der Waals surface area contributed by atoms with Crippen molar-refractivity contribution < 1.29 is 23.1 Å². The molecule has 0 aliphatic carbocycles. The van der Waals surface area contributed by atoms with E-state index in [0.717, 1.165) is 4.90 Å². The highest BCUT2D eigenvalue weighted by molar-refractivity contribution is 5.69. The van der Waals surface area contributed by atoms with Crippen LogP contribution in [0.5, 0.6) is 0 Å². The van der Waals surface area contributed by atoms with Gasteiger partial charge in [0.25, 0.3) is 0 Å². The topological polar surface area (TPSA) is 40.5 Å². The van der Waals surface area contributed by atoms with E-state index >= 15 is 0 Å². The summed E-state index contributed by atoms with van der Waals surface area (Å²) >= 11 is 0. The SMILES string of the molecule is CCCC(c1ccccc1)N(CC(=O)O)CC(F)(F)F. The Morgan fingerprint density at radius 3 is 2.35 bits per heavy atom. The molecule has 0 aliphatic heterocycles. The van der Waals surface area contributed by atoms with Crippen LogP contribution >= 0.6 is 0 Å². The molecule has 6 heteroatoms. The summed E-state index contributed by atoms with van der Waals surface area (Å²) in [4.78, 5) is 11.8. The second-order valence-corrected chi connectivity index (χ2v) is 4.63. The first-order chi connectivity index (χ1) is 9.33. The number of halogens is 3. The van der Waals surface area contributed by atoms with Gasteiger partial charge < -0.3 is 5.11 Å². The third-order valence-corrected chi connectivity index (χ3v) is 2.91. The number of nitrogens with zero attached hydrogens (tertiary/aromatic N) is 1. The number of alkyl halides is 3. The van der Waals surface area contributed by atoms with Gasteiger partial charge in [-0.2, -0.15) is 13.2 Å². The molecule has 1 N–H and O–H groups in total. The Bertz CT molecular complexity index is 420. The fourth-order valence-corrected chi connectivity index (χ4v) is 2.19. The normalized spacial score (nSPS) is 13.4. The van der Waals surface area contributed by atoms with Gasteiger partial charge in [0.15, 0.2) is 0 Å². The Balaban J connectivity index is 3.00. The molecule has 112 valence electrons. The number of benzene rings is 1. The second kappa shape index (κ2) is 7.28. The smallest absolute Gasteiger partial charge is 0.401 e. The lowest BCUT2D eigenvalue weighted by atomic mass is 10.0. The van der Waals surface area contributed by atoms with Crippen molar-refractivity contribution >= 4 is 5.97 Å². The maximum Gasteiger partial charge on any atom is 0.401 e. The standard InChI is InChI=1S/C14H18F3NO2/c1-2-6-12(11-7-4-3-5-8-11)18(9-13(19)20)10-14(15,16)17/h3-5,7-8,12H,2,6,9-10H2,1H3,(H,19,20). The molecule has 0 fully saturated rings. The minimum Gasteiger partial charge on any atom is -0.480 e. The molecule has 1 aromatic rings. The number of carbonyl (C=O) groups is 1. The van der Waals surface area contributed by atoms with Crippen LogP contribution in [0.1, 0.15) is 31.4 Å². The highest BCUT2D eigenvalue weighted by atomic mass is 19.4. The molecule has 1 rings (SSSR count). The molecule has 1 unspecified atom stereocenters. The molecular weight excluding hydrogens is 271 g/mol. The van der Waals surface area contributed by atoms with E-state index in [0.29, 0.717) is 18.4 Å². The van der Waals surface area contributed by atoms with Gasteiger partial charge >= 0.3 is 12.1 Å². The van der Waals surface area contributed by atoms with Gasteiger partial charge in [-0.05, 0) is 12.0 Å². The summed E-state index contributed by atoms with van der Waals surface area (Å²) < 4.78 is 37.9.